The maximum atomic E-state index is 12.3. The second kappa shape index (κ2) is 11.9. The Morgan fingerprint density at radius 2 is 1.92 bits per heavy atom. The Balaban J connectivity index is 1.41. The van der Waals surface area contributed by atoms with Crippen LogP contribution in [0.1, 0.15) is 72.6 Å². The largest absolute Gasteiger partial charge is 0.462 e. The first-order valence-electron chi connectivity index (χ1n) is 13.1. The fourth-order valence-corrected chi connectivity index (χ4v) is 5.91. The molecule has 1 aliphatic heterocycles. The number of aliphatic hydroxyl groups is 1. The number of allylic oxidation sites excluding steroid dienone is 1. The van der Waals surface area contributed by atoms with E-state index in [0.717, 1.165) is 52.6 Å². The lowest BCUT2D eigenvalue weighted by molar-refractivity contribution is 0.0526. The molecule has 0 bridgehead atoms. The molecule has 1 atom stereocenters. The fraction of sp³-hybridized carbons (Fsp3) is 0.333. The Morgan fingerprint density at radius 3 is 2.68 bits per heavy atom. The van der Waals surface area contributed by atoms with Crippen molar-refractivity contribution >= 4 is 35.2 Å². The molecule has 1 saturated carbocycles. The molecule has 0 saturated heterocycles. The topological polar surface area (TPSA) is 96.7 Å². The zero-order valence-corrected chi connectivity index (χ0v) is 22.5. The molecule has 1 aromatic heterocycles. The highest BCUT2D eigenvalue weighted by Crippen LogP contribution is 2.41. The third kappa shape index (κ3) is 6.49. The third-order valence-corrected chi connectivity index (χ3v) is 7.71. The molecule has 1 fully saturated rings. The van der Waals surface area contributed by atoms with Crippen LogP contribution in [0.5, 0.6) is 0 Å². The molecule has 5 rings (SSSR count). The monoisotopic (exact) mass is 528 g/mol. The molecule has 8 heteroatoms. The highest BCUT2D eigenvalue weighted by atomic mass is 32.2. The number of hydrogen-bond acceptors (Lipinski definition) is 8. The van der Waals surface area contributed by atoms with Gasteiger partial charge in [0.1, 0.15) is 5.82 Å². The highest BCUT2D eigenvalue weighted by molar-refractivity contribution is 8.03. The summed E-state index contributed by atoms with van der Waals surface area (Å²) in [7, 11) is 0. The van der Waals surface area contributed by atoms with Gasteiger partial charge in [-0.15, -0.1) is 0 Å². The normalized spacial score (nSPS) is 18.8. The van der Waals surface area contributed by atoms with Crippen molar-refractivity contribution in [2.24, 2.45) is 4.99 Å². The number of fused-ring (bicyclic) bond motifs is 1. The molecule has 3 aromatic rings. The average molecular weight is 529 g/mol. The Hall–Kier alpha value is -3.49. The molecule has 0 spiro atoms. The van der Waals surface area contributed by atoms with E-state index in [-0.39, 0.29) is 18.0 Å². The summed E-state index contributed by atoms with van der Waals surface area (Å²) in [6, 6.07) is 17.9. The quantitative estimate of drug-likeness (QED) is 0.342. The van der Waals surface area contributed by atoms with Gasteiger partial charge in [-0.1, -0.05) is 55.1 Å². The number of aromatic nitrogens is 2. The van der Waals surface area contributed by atoms with E-state index >= 15 is 0 Å². The van der Waals surface area contributed by atoms with Gasteiger partial charge in [0.2, 0.25) is 0 Å². The standard InChI is InChI=1S/C30H32N4O3S/c1-3-37-29(36)21-9-14-25-19(2)15-28(38-26(25)17-21)33-27-18-23(16-20-7-5-4-6-8-20)32-30(34-27)31-22-10-12-24(35)13-11-22/h4-9,14-15,17-19,24,35H,3,10-13,16H2,1-2H3,(H,32,33,34). The number of rotatable bonds is 7. The maximum absolute atomic E-state index is 12.3. The molecule has 0 amide bonds. The second-order valence-electron chi connectivity index (χ2n) is 9.64. The van der Waals surface area contributed by atoms with E-state index in [1.165, 1.54) is 5.56 Å². The summed E-state index contributed by atoms with van der Waals surface area (Å²) in [5.41, 5.74) is 4.79. The van der Waals surface area contributed by atoms with Crippen molar-refractivity contribution < 1.29 is 14.6 Å². The summed E-state index contributed by atoms with van der Waals surface area (Å²) in [6.07, 6.45) is 5.56. The van der Waals surface area contributed by atoms with Crippen LogP contribution < -0.4 is 5.32 Å². The van der Waals surface area contributed by atoms with Crippen molar-refractivity contribution in [3.63, 3.8) is 0 Å². The number of carbonyl (C=O) groups excluding carboxylic acids is 1. The van der Waals surface area contributed by atoms with Crippen LogP contribution in [0.15, 0.2) is 75.6 Å². The minimum absolute atomic E-state index is 0.170. The van der Waals surface area contributed by atoms with Crippen molar-refractivity contribution in [3.8, 4) is 0 Å². The van der Waals surface area contributed by atoms with Gasteiger partial charge in [0.05, 0.1) is 29.0 Å². The van der Waals surface area contributed by atoms with E-state index in [2.05, 4.69) is 30.4 Å². The van der Waals surface area contributed by atoms with Gasteiger partial charge in [-0.3, -0.25) is 0 Å². The molecule has 7 nitrogen and oxygen atoms in total. The van der Waals surface area contributed by atoms with Gasteiger partial charge in [-0.25, -0.2) is 14.8 Å². The molecule has 2 heterocycles. The zero-order chi connectivity index (χ0) is 26.5. The van der Waals surface area contributed by atoms with Gasteiger partial charge in [-0.2, -0.15) is 4.98 Å². The first-order valence-corrected chi connectivity index (χ1v) is 13.9. The zero-order valence-electron chi connectivity index (χ0n) is 21.7. The number of aliphatic hydroxyl groups excluding tert-OH is 1. The van der Waals surface area contributed by atoms with Crippen LogP contribution in [0.3, 0.4) is 0 Å². The lowest BCUT2D eigenvalue weighted by atomic mass is 9.96. The Morgan fingerprint density at radius 1 is 1.13 bits per heavy atom. The highest BCUT2D eigenvalue weighted by Gasteiger charge is 2.21. The molecule has 2 N–H and O–H groups in total. The fourth-order valence-electron chi connectivity index (χ4n) is 4.69. The van der Waals surface area contributed by atoms with Crippen LogP contribution in [0.25, 0.3) is 0 Å². The van der Waals surface area contributed by atoms with Crippen LogP contribution in [0, 0.1) is 0 Å². The van der Waals surface area contributed by atoms with E-state index < -0.39 is 0 Å². The number of aliphatic imine (C=N–C) groups is 1. The number of nitrogens with one attached hydrogen (secondary N) is 1. The number of ether oxygens (including phenoxy) is 1. The first kappa shape index (κ1) is 26.1. The van der Waals surface area contributed by atoms with Gasteiger partial charge in [-0.05, 0) is 61.9 Å². The van der Waals surface area contributed by atoms with E-state index in [1.54, 1.807) is 11.8 Å². The predicted molar refractivity (Wildman–Crippen MR) is 151 cm³/mol. The molecule has 2 aliphatic rings. The molecule has 38 heavy (non-hydrogen) atoms. The number of hydrogen-bond donors (Lipinski definition) is 2. The lowest BCUT2D eigenvalue weighted by Gasteiger charge is -2.23. The van der Waals surface area contributed by atoms with Crippen LogP contribution in [0.4, 0.5) is 11.8 Å². The molecule has 0 radical (unpaired) electrons. The number of thioether (sulfide) groups is 1. The molecule has 196 valence electrons. The summed E-state index contributed by atoms with van der Waals surface area (Å²) in [5, 5.41) is 14.3. The number of carbonyl (C=O) groups is 1. The number of benzene rings is 2. The lowest BCUT2D eigenvalue weighted by Crippen LogP contribution is -2.17. The van der Waals surface area contributed by atoms with Gasteiger partial charge >= 0.3 is 5.97 Å². The minimum atomic E-state index is -0.312. The average Bonchev–Trinajstić information content (AvgIpc) is 2.90. The van der Waals surface area contributed by atoms with Crippen LogP contribution in [-0.2, 0) is 11.2 Å². The van der Waals surface area contributed by atoms with Gasteiger partial charge in [0, 0.05) is 29.0 Å². The SMILES string of the molecule is CCOC(=O)c1ccc2c(c1)SC(Nc1cc(Cc3ccccc3)nc(N=C3CCC(O)CC3)n1)=CC2C. The predicted octanol–water partition coefficient (Wildman–Crippen LogP) is 6.41. The summed E-state index contributed by atoms with van der Waals surface area (Å²) >= 11 is 1.58. The Labute approximate surface area is 227 Å². The minimum Gasteiger partial charge on any atom is -0.462 e. The number of nitrogens with zero attached hydrogens (tertiary/aromatic N) is 3. The van der Waals surface area contributed by atoms with Crippen LogP contribution >= 0.6 is 11.8 Å². The van der Waals surface area contributed by atoms with Crippen LogP contribution in [-0.4, -0.2) is 39.5 Å². The van der Waals surface area contributed by atoms with Gasteiger partial charge in [0.15, 0.2) is 0 Å². The van der Waals surface area contributed by atoms with Gasteiger partial charge in [0.25, 0.3) is 5.95 Å². The van der Waals surface area contributed by atoms with Crippen LogP contribution in [0.2, 0.25) is 0 Å². The van der Waals surface area contributed by atoms with Crippen molar-refractivity contribution in [1.29, 1.82) is 0 Å². The van der Waals surface area contributed by atoms with E-state index in [9.17, 15) is 9.90 Å². The number of anilines is 1. The van der Waals surface area contributed by atoms with Crippen molar-refractivity contribution in [2.45, 2.75) is 62.9 Å². The molecular weight excluding hydrogens is 496 g/mol. The molecule has 2 aromatic carbocycles. The smallest absolute Gasteiger partial charge is 0.338 e. The summed E-state index contributed by atoms with van der Waals surface area (Å²) < 4.78 is 5.19. The van der Waals surface area contributed by atoms with Gasteiger partial charge < -0.3 is 15.2 Å². The Bertz CT molecular complexity index is 1360. The van der Waals surface area contributed by atoms with Crippen molar-refractivity contribution in [2.75, 3.05) is 11.9 Å². The van der Waals surface area contributed by atoms with Crippen molar-refractivity contribution in [1.82, 2.24) is 9.97 Å². The summed E-state index contributed by atoms with van der Waals surface area (Å²) in [6.45, 7) is 4.29. The van der Waals surface area contributed by atoms with E-state index in [1.807, 2.05) is 49.4 Å². The molecule has 1 unspecified atom stereocenters. The third-order valence-electron chi connectivity index (χ3n) is 6.67. The number of esters is 1. The maximum Gasteiger partial charge on any atom is 0.338 e. The molecular formula is C30H32N4O3S. The van der Waals surface area contributed by atoms with E-state index in [0.29, 0.717) is 30.4 Å². The first-order chi connectivity index (χ1) is 18.5. The summed E-state index contributed by atoms with van der Waals surface area (Å²) in [5.74, 6) is 0.973. The molecule has 1 aliphatic carbocycles. The summed E-state index contributed by atoms with van der Waals surface area (Å²) in [4.78, 5) is 27.6. The Kier molecular flexibility index (Phi) is 8.20. The van der Waals surface area contributed by atoms with Crippen molar-refractivity contribution in [3.05, 3.63) is 88.1 Å². The van der Waals surface area contributed by atoms with E-state index in [4.69, 9.17) is 19.7 Å². The second-order valence-corrected chi connectivity index (χ2v) is 10.7.